The monoisotopic (exact) mass is 387 g/mol. The first-order chi connectivity index (χ1) is 13.4. The van der Waals surface area contributed by atoms with E-state index in [1.54, 1.807) is 24.4 Å². The Kier molecular flexibility index (Phi) is 4.38. The molecule has 0 bridgehead atoms. The molecule has 0 saturated heterocycles. The highest BCUT2D eigenvalue weighted by atomic mass is 19.4. The summed E-state index contributed by atoms with van der Waals surface area (Å²) in [5.41, 5.74) is -1.36. The van der Waals surface area contributed by atoms with Crippen molar-refractivity contribution in [3.63, 3.8) is 0 Å². The van der Waals surface area contributed by atoms with Crippen LogP contribution in [-0.4, -0.2) is 37.7 Å². The third-order valence-electron chi connectivity index (χ3n) is 4.45. The molecule has 9 heteroatoms. The summed E-state index contributed by atoms with van der Waals surface area (Å²) < 4.78 is 42.3. The average molecular weight is 387 g/mol. The molecule has 1 atom stereocenters. The first kappa shape index (κ1) is 18.2. The molecule has 2 aromatic carbocycles. The Labute approximate surface area is 158 Å². The number of aliphatic hydroxyl groups is 1. The second-order valence-electron chi connectivity index (χ2n) is 6.47. The molecule has 1 N–H and O–H groups in total. The van der Waals surface area contributed by atoms with Crippen LogP contribution in [0.3, 0.4) is 0 Å². The fourth-order valence-electron chi connectivity index (χ4n) is 3.07. The molecule has 28 heavy (non-hydrogen) atoms. The van der Waals surface area contributed by atoms with Gasteiger partial charge in [0, 0.05) is 12.0 Å². The summed E-state index contributed by atoms with van der Waals surface area (Å²) in [6, 6.07) is 17.1. The fourth-order valence-corrected chi connectivity index (χ4v) is 3.07. The minimum Gasteiger partial charge on any atom is -0.362 e. The largest absolute Gasteiger partial charge is 0.438 e. The molecule has 0 fully saturated rings. The van der Waals surface area contributed by atoms with E-state index in [1.165, 1.54) is 16.8 Å². The van der Waals surface area contributed by atoms with Crippen molar-refractivity contribution in [2.24, 2.45) is 5.10 Å². The molecule has 0 amide bonds. The van der Waals surface area contributed by atoms with Crippen LogP contribution in [0.4, 0.5) is 18.9 Å². The first-order valence-electron chi connectivity index (χ1n) is 8.53. The van der Waals surface area contributed by atoms with Gasteiger partial charge in [0.1, 0.15) is 5.69 Å². The summed E-state index contributed by atoms with van der Waals surface area (Å²) in [4.78, 5) is 0. The minimum atomic E-state index is -4.88. The second-order valence-corrected chi connectivity index (χ2v) is 6.47. The summed E-state index contributed by atoms with van der Waals surface area (Å²) in [5.74, 6) is 0. The molecule has 6 nitrogen and oxygen atoms in total. The molecular weight excluding hydrogens is 371 g/mol. The van der Waals surface area contributed by atoms with Gasteiger partial charge in [-0.3, -0.25) is 0 Å². The number of benzene rings is 2. The number of hydrogen-bond donors (Lipinski definition) is 1. The predicted octanol–water partition coefficient (Wildman–Crippen LogP) is 3.46. The van der Waals surface area contributed by atoms with Crippen LogP contribution in [0, 0.1) is 0 Å². The number of halogens is 3. The van der Waals surface area contributed by atoms with Crippen LogP contribution < -0.4 is 5.01 Å². The van der Waals surface area contributed by atoms with E-state index >= 15 is 0 Å². The highest BCUT2D eigenvalue weighted by Crippen LogP contribution is 2.42. The van der Waals surface area contributed by atoms with Gasteiger partial charge >= 0.3 is 6.18 Å². The molecule has 2 heterocycles. The van der Waals surface area contributed by atoms with Crippen molar-refractivity contribution in [1.29, 1.82) is 0 Å². The van der Waals surface area contributed by atoms with Crippen LogP contribution in [0.15, 0.2) is 72.0 Å². The van der Waals surface area contributed by atoms with E-state index in [2.05, 4.69) is 15.4 Å². The zero-order chi connectivity index (χ0) is 19.8. The number of rotatable bonds is 4. The van der Waals surface area contributed by atoms with Gasteiger partial charge in [0.15, 0.2) is 0 Å². The molecule has 3 aromatic rings. The SMILES string of the molecule is O[C@]1(C(F)(F)F)CC(Cn2cc(-c3ccccc3)nn2)=NN1c1ccccc1. The van der Waals surface area contributed by atoms with E-state index < -0.39 is 18.3 Å². The number of alkyl halides is 3. The van der Waals surface area contributed by atoms with Gasteiger partial charge in [0.25, 0.3) is 5.72 Å². The van der Waals surface area contributed by atoms with Crippen LogP contribution in [0.2, 0.25) is 0 Å². The molecular formula is C19H16F3N5O. The van der Waals surface area contributed by atoms with Gasteiger partial charge in [-0.05, 0) is 12.1 Å². The van der Waals surface area contributed by atoms with Gasteiger partial charge in [-0.1, -0.05) is 53.7 Å². The summed E-state index contributed by atoms with van der Waals surface area (Å²) >= 11 is 0. The summed E-state index contributed by atoms with van der Waals surface area (Å²) in [5, 5.41) is 23.1. The predicted molar refractivity (Wildman–Crippen MR) is 97.4 cm³/mol. The number of aromatic nitrogens is 3. The summed E-state index contributed by atoms with van der Waals surface area (Å²) in [6.45, 7) is -0.0123. The third kappa shape index (κ3) is 3.24. The molecule has 1 aliphatic heterocycles. The Bertz CT molecular complexity index is 988. The van der Waals surface area contributed by atoms with Gasteiger partial charge < -0.3 is 5.11 Å². The molecule has 0 radical (unpaired) electrons. The van der Waals surface area contributed by atoms with Crippen molar-refractivity contribution in [3.05, 3.63) is 66.9 Å². The summed E-state index contributed by atoms with van der Waals surface area (Å²) in [7, 11) is 0. The lowest BCUT2D eigenvalue weighted by atomic mass is 10.1. The standard InChI is InChI=1S/C19H16F3N5O/c20-19(21,22)18(28)11-15(24-27(18)16-9-5-2-6-10-16)12-26-13-17(23-25-26)14-7-3-1-4-8-14/h1-10,13,28H,11-12H2/t18-/m0/s1. The maximum atomic E-state index is 13.6. The van der Waals surface area contributed by atoms with Crippen LogP contribution in [-0.2, 0) is 6.54 Å². The van der Waals surface area contributed by atoms with Crippen molar-refractivity contribution in [2.45, 2.75) is 24.9 Å². The van der Waals surface area contributed by atoms with Crippen molar-refractivity contribution in [2.75, 3.05) is 5.01 Å². The number of anilines is 1. The van der Waals surface area contributed by atoms with Gasteiger partial charge in [-0.2, -0.15) is 18.3 Å². The Balaban J connectivity index is 1.61. The van der Waals surface area contributed by atoms with Crippen molar-refractivity contribution >= 4 is 11.4 Å². The lowest BCUT2D eigenvalue weighted by Crippen LogP contribution is -2.55. The molecule has 1 aromatic heterocycles. The van der Waals surface area contributed by atoms with E-state index in [-0.39, 0.29) is 17.9 Å². The number of hydrogen-bond acceptors (Lipinski definition) is 5. The van der Waals surface area contributed by atoms with E-state index in [1.807, 2.05) is 30.3 Å². The Morgan fingerprint density at radius 2 is 1.64 bits per heavy atom. The maximum absolute atomic E-state index is 13.6. The topological polar surface area (TPSA) is 66.5 Å². The Hall–Kier alpha value is -3.20. The van der Waals surface area contributed by atoms with Gasteiger partial charge in [-0.25, -0.2) is 9.69 Å². The van der Waals surface area contributed by atoms with Crippen LogP contribution in [0.1, 0.15) is 6.42 Å². The Morgan fingerprint density at radius 1 is 1.00 bits per heavy atom. The van der Waals surface area contributed by atoms with Crippen LogP contribution >= 0.6 is 0 Å². The number of nitrogens with zero attached hydrogens (tertiary/aromatic N) is 5. The molecule has 4 rings (SSSR count). The van der Waals surface area contributed by atoms with E-state index in [0.717, 1.165) is 5.56 Å². The molecule has 0 unspecified atom stereocenters. The lowest BCUT2D eigenvalue weighted by Gasteiger charge is -2.34. The zero-order valence-corrected chi connectivity index (χ0v) is 14.6. The van der Waals surface area contributed by atoms with Gasteiger partial charge in [0.05, 0.1) is 24.1 Å². The van der Waals surface area contributed by atoms with Crippen LogP contribution in [0.5, 0.6) is 0 Å². The number of para-hydroxylation sites is 1. The van der Waals surface area contributed by atoms with E-state index in [9.17, 15) is 18.3 Å². The maximum Gasteiger partial charge on any atom is 0.438 e. The highest BCUT2D eigenvalue weighted by Gasteiger charge is 2.61. The number of hydrazone groups is 1. The first-order valence-corrected chi connectivity index (χ1v) is 8.53. The molecule has 0 aliphatic carbocycles. The third-order valence-corrected chi connectivity index (χ3v) is 4.45. The molecule has 0 spiro atoms. The normalized spacial score (nSPS) is 19.7. The lowest BCUT2D eigenvalue weighted by molar-refractivity contribution is -0.254. The highest BCUT2D eigenvalue weighted by molar-refractivity contribution is 5.89. The van der Waals surface area contributed by atoms with Gasteiger partial charge in [-0.15, -0.1) is 5.10 Å². The second kappa shape index (κ2) is 6.75. The van der Waals surface area contributed by atoms with Crippen molar-refractivity contribution in [3.8, 4) is 11.3 Å². The smallest absolute Gasteiger partial charge is 0.362 e. The van der Waals surface area contributed by atoms with Gasteiger partial charge in [0.2, 0.25) is 0 Å². The molecule has 144 valence electrons. The quantitative estimate of drug-likeness (QED) is 0.745. The zero-order valence-electron chi connectivity index (χ0n) is 14.6. The Morgan fingerprint density at radius 3 is 2.29 bits per heavy atom. The summed E-state index contributed by atoms with van der Waals surface area (Å²) in [6.07, 6.45) is -3.92. The molecule has 1 aliphatic rings. The molecule has 0 saturated carbocycles. The van der Waals surface area contributed by atoms with Crippen molar-refractivity contribution < 1.29 is 18.3 Å². The van der Waals surface area contributed by atoms with E-state index in [4.69, 9.17) is 0 Å². The minimum absolute atomic E-state index is 0.0123. The fraction of sp³-hybridized carbons (Fsp3) is 0.211. The van der Waals surface area contributed by atoms with E-state index in [0.29, 0.717) is 10.7 Å². The average Bonchev–Trinajstić information content (AvgIpc) is 3.28. The van der Waals surface area contributed by atoms with Crippen molar-refractivity contribution in [1.82, 2.24) is 15.0 Å². The van der Waals surface area contributed by atoms with Crippen LogP contribution in [0.25, 0.3) is 11.3 Å².